The number of phenolic OH excluding ortho intramolecular Hbond substituents is 4. The molecule has 0 fully saturated rings. The van der Waals surface area contributed by atoms with Gasteiger partial charge in [0.2, 0.25) is 5.78 Å². The largest absolute Gasteiger partial charge is 0.508 e. The monoisotopic (exact) mass is 606 g/mol. The quantitative estimate of drug-likeness (QED) is 0.229. The number of ketones is 2. The number of carbonyl (C=O) groups is 2. The number of methoxy groups -OCH3 is 2. The van der Waals surface area contributed by atoms with E-state index < -0.39 is 40.1 Å². The van der Waals surface area contributed by atoms with Crippen molar-refractivity contribution in [2.75, 3.05) is 14.2 Å². The molecule has 7 rings (SSSR count). The molecule has 0 saturated carbocycles. The third-order valence-corrected chi connectivity index (χ3v) is 8.74. The molecule has 4 N–H and O–H groups in total. The summed E-state index contributed by atoms with van der Waals surface area (Å²) in [4.78, 5) is 41.4. The van der Waals surface area contributed by atoms with Crippen molar-refractivity contribution in [1.29, 1.82) is 0 Å². The lowest BCUT2D eigenvalue weighted by atomic mass is 9.75. The lowest BCUT2D eigenvalue weighted by molar-refractivity contribution is 0.0971. The Morgan fingerprint density at radius 1 is 0.822 bits per heavy atom. The van der Waals surface area contributed by atoms with Crippen molar-refractivity contribution in [3.05, 3.63) is 97.5 Å². The summed E-state index contributed by atoms with van der Waals surface area (Å²) in [5.41, 5.74) is 0.167. The summed E-state index contributed by atoms with van der Waals surface area (Å²) in [5.74, 6) is -2.87. The Balaban J connectivity index is 1.47. The van der Waals surface area contributed by atoms with Gasteiger partial charge in [-0.1, -0.05) is 12.1 Å². The van der Waals surface area contributed by atoms with E-state index in [-0.39, 0.29) is 63.0 Å². The summed E-state index contributed by atoms with van der Waals surface area (Å²) in [5, 5.41) is 49.2. The first-order valence-corrected chi connectivity index (χ1v) is 14.1. The second-order valence-corrected chi connectivity index (χ2v) is 11.1. The maximum atomic E-state index is 13.8. The molecule has 0 saturated heterocycles. The molecular formula is C34H26N2O9. The van der Waals surface area contributed by atoms with E-state index in [1.165, 1.54) is 32.0 Å². The van der Waals surface area contributed by atoms with Gasteiger partial charge in [0.1, 0.15) is 34.5 Å². The average molecular weight is 607 g/mol. The van der Waals surface area contributed by atoms with Crippen LogP contribution in [0.15, 0.2) is 47.4 Å². The predicted octanol–water partition coefficient (Wildman–Crippen LogP) is 4.13. The van der Waals surface area contributed by atoms with Crippen molar-refractivity contribution in [3.8, 4) is 45.6 Å². The van der Waals surface area contributed by atoms with Gasteiger partial charge < -0.3 is 29.9 Å². The first-order valence-electron chi connectivity index (χ1n) is 14.1. The van der Waals surface area contributed by atoms with E-state index in [0.717, 1.165) is 11.6 Å². The molecule has 0 radical (unpaired) electrons. The fourth-order valence-corrected chi connectivity index (χ4v) is 6.54. The number of phenols is 4. The van der Waals surface area contributed by atoms with Crippen molar-refractivity contribution >= 4 is 22.3 Å². The number of benzene rings is 4. The molecule has 2 aliphatic rings. The Kier molecular flexibility index (Phi) is 6.12. The highest BCUT2D eigenvalue weighted by molar-refractivity contribution is 6.32. The first-order chi connectivity index (χ1) is 21.6. The molecule has 0 spiro atoms. The zero-order chi connectivity index (χ0) is 31.9. The number of nitrogens with zero attached hydrogens (tertiary/aromatic N) is 2. The Hall–Kier alpha value is -5.84. The van der Waals surface area contributed by atoms with Crippen molar-refractivity contribution in [3.63, 3.8) is 0 Å². The van der Waals surface area contributed by atoms with Crippen LogP contribution in [-0.4, -0.2) is 56.0 Å². The summed E-state index contributed by atoms with van der Waals surface area (Å²) >= 11 is 0. The van der Waals surface area contributed by atoms with Gasteiger partial charge >= 0.3 is 0 Å². The maximum absolute atomic E-state index is 13.8. The van der Waals surface area contributed by atoms with Gasteiger partial charge in [-0.3, -0.25) is 14.4 Å². The lowest BCUT2D eigenvalue weighted by Gasteiger charge is -2.29. The number of rotatable bonds is 4. The topological polar surface area (TPSA) is 168 Å². The minimum atomic E-state index is -0.818. The molecular weight excluding hydrogens is 580 g/mol. The molecule has 1 heterocycles. The van der Waals surface area contributed by atoms with Crippen LogP contribution in [0.25, 0.3) is 21.9 Å². The molecule has 4 aromatic carbocycles. The normalized spacial score (nSPS) is 13.2. The van der Waals surface area contributed by atoms with E-state index in [4.69, 9.17) is 9.47 Å². The van der Waals surface area contributed by atoms with Crippen LogP contribution in [0, 0.1) is 6.92 Å². The Bertz CT molecular complexity index is 2230. The van der Waals surface area contributed by atoms with Crippen molar-refractivity contribution in [1.82, 2.24) is 9.78 Å². The molecule has 5 aromatic rings. The Morgan fingerprint density at radius 3 is 2.33 bits per heavy atom. The number of carbonyl (C=O) groups excluding carboxylic acids is 2. The molecule has 226 valence electrons. The van der Waals surface area contributed by atoms with Crippen molar-refractivity contribution < 1.29 is 39.5 Å². The Labute approximate surface area is 255 Å². The standard InChI is InChI=1S/C34H26N2O9/c1-14-21(37)11-20-25(28(14)38)32(42)27-26(29(20)39)31(41)24-19(33(27)45-3)8-7-16-10-17-12-35-36(34(43)23(17)30(40)22(16)24)13-15-5-4-6-18(9-15)44-2/h4-6,9-12,37-38,40-41H,7-8,13H2,1-3H3. The lowest BCUT2D eigenvalue weighted by Crippen LogP contribution is -2.25. The summed E-state index contributed by atoms with van der Waals surface area (Å²) in [6.07, 6.45) is 2.11. The van der Waals surface area contributed by atoms with Gasteiger partial charge in [0.15, 0.2) is 5.78 Å². The maximum Gasteiger partial charge on any atom is 0.278 e. The van der Waals surface area contributed by atoms with Crippen LogP contribution in [0.4, 0.5) is 0 Å². The fraction of sp³-hybridized carbons (Fsp3) is 0.176. The van der Waals surface area contributed by atoms with E-state index in [0.29, 0.717) is 28.7 Å². The van der Waals surface area contributed by atoms with E-state index in [1.54, 1.807) is 24.3 Å². The van der Waals surface area contributed by atoms with Gasteiger partial charge in [0, 0.05) is 33.2 Å². The zero-order valence-electron chi connectivity index (χ0n) is 24.4. The van der Waals surface area contributed by atoms with Crippen LogP contribution in [0.5, 0.6) is 34.5 Å². The molecule has 0 atom stereocenters. The number of fused-ring (bicyclic) bond motifs is 6. The molecule has 2 aliphatic carbocycles. The second-order valence-electron chi connectivity index (χ2n) is 11.1. The molecule has 1 aromatic heterocycles. The highest BCUT2D eigenvalue weighted by Crippen LogP contribution is 2.54. The van der Waals surface area contributed by atoms with E-state index in [1.807, 2.05) is 6.07 Å². The summed E-state index contributed by atoms with van der Waals surface area (Å²) in [6.45, 7) is 1.50. The number of aromatic hydroxyl groups is 4. The number of hydrogen-bond donors (Lipinski definition) is 4. The third-order valence-electron chi connectivity index (χ3n) is 8.74. The van der Waals surface area contributed by atoms with Crippen LogP contribution < -0.4 is 15.0 Å². The minimum Gasteiger partial charge on any atom is -0.508 e. The number of aryl methyl sites for hydroxylation is 1. The van der Waals surface area contributed by atoms with Crippen LogP contribution in [0.2, 0.25) is 0 Å². The molecule has 11 nitrogen and oxygen atoms in total. The molecule has 0 aliphatic heterocycles. The van der Waals surface area contributed by atoms with Gasteiger partial charge in [0.05, 0.1) is 49.0 Å². The SMILES string of the molecule is COc1cccc(Cn2ncc3cc4c(c(O)c3c2=O)-c2c(O)c3c(c(OC)c2CC4)C(=O)c2c(cc(O)c(C)c2O)C3=O)c1. The Morgan fingerprint density at radius 2 is 1.60 bits per heavy atom. The predicted molar refractivity (Wildman–Crippen MR) is 162 cm³/mol. The van der Waals surface area contributed by atoms with Gasteiger partial charge in [0.25, 0.3) is 5.56 Å². The highest BCUT2D eigenvalue weighted by atomic mass is 16.5. The number of aromatic nitrogens is 2. The second kappa shape index (κ2) is 9.84. The highest BCUT2D eigenvalue weighted by Gasteiger charge is 2.42. The zero-order valence-corrected chi connectivity index (χ0v) is 24.4. The van der Waals surface area contributed by atoms with Gasteiger partial charge in [-0.2, -0.15) is 5.10 Å². The summed E-state index contributed by atoms with van der Waals surface area (Å²) < 4.78 is 12.2. The molecule has 0 amide bonds. The molecule has 11 heteroatoms. The first kappa shape index (κ1) is 28.0. The van der Waals surface area contributed by atoms with Crippen LogP contribution in [0.1, 0.15) is 54.1 Å². The van der Waals surface area contributed by atoms with E-state index in [2.05, 4.69) is 5.10 Å². The van der Waals surface area contributed by atoms with Crippen LogP contribution in [0.3, 0.4) is 0 Å². The van der Waals surface area contributed by atoms with E-state index in [9.17, 15) is 34.8 Å². The summed E-state index contributed by atoms with van der Waals surface area (Å²) in [7, 11) is 2.86. The van der Waals surface area contributed by atoms with Gasteiger partial charge in [-0.15, -0.1) is 0 Å². The molecule has 45 heavy (non-hydrogen) atoms. The number of ether oxygens (including phenoxy) is 2. The molecule has 0 bridgehead atoms. The summed E-state index contributed by atoms with van der Waals surface area (Å²) in [6, 6.07) is 9.94. The minimum absolute atomic E-state index is 0.0160. The van der Waals surface area contributed by atoms with Crippen LogP contribution in [-0.2, 0) is 19.4 Å². The molecule has 0 unspecified atom stereocenters. The van der Waals surface area contributed by atoms with Crippen LogP contribution >= 0.6 is 0 Å². The smallest absolute Gasteiger partial charge is 0.278 e. The number of hydrogen-bond acceptors (Lipinski definition) is 10. The van der Waals surface area contributed by atoms with Crippen molar-refractivity contribution in [2.45, 2.75) is 26.3 Å². The van der Waals surface area contributed by atoms with Gasteiger partial charge in [-0.05, 0) is 55.2 Å². The van der Waals surface area contributed by atoms with Crippen molar-refractivity contribution in [2.24, 2.45) is 0 Å². The third kappa shape index (κ3) is 3.83. The van der Waals surface area contributed by atoms with Gasteiger partial charge in [-0.25, -0.2) is 4.68 Å². The average Bonchev–Trinajstić information content (AvgIpc) is 3.03. The van der Waals surface area contributed by atoms with E-state index >= 15 is 0 Å². The fourth-order valence-electron chi connectivity index (χ4n) is 6.54.